The number of benzene rings is 1. The first-order valence-electron chi connectivity index (χ1n) is 9.03. The smallest absolute Gasteiger partial charge is 0.236 e. The number of carbonyl (C=O) groups excluding carboxylic acids is 1. The number of nitrogens with one attached hydrogen (secondary N) is 1. The van der Waals surface area contributed by atoms with Crippen molar-refractivity contribution in [3.05, 3.63) is 40.1 Å². The Balaban J connectivity index is 1.56. The van der Waals surface area contributed by atoms with Crippen LogP contribution < -0.4 is 10.1 Å². The number of aryl methyl sites for hydroxylation is 1. The average Bonchev–Trinajstić information content (AvgIpc) is 3.28. The molecule has 0 aliphatic rings. The zero-order valence-electron chi connectivity index (χ0n) is 16.3. The maximum Gasteiger partial charge on any atom is 0.236 e. The van der Waals surface area contributed by atoms with Gasteiger partial charge in [-0.15, -0.1) is 20.4 Å². The van der Waals surface area contributed by atoms with E-state index in [-0.39, 0.29) is 17.8 Å². The number of aromatic nitrogens is 5. The van der Waals surface area contributed by atoms with Gasteiger partial charge < -0.3 is 9.30 Å². The number of hydrogen-bond donors (Lipinski definition) is 1. The highest BCUT2D eigenvalue weighted by atomic mass is 35.5. The van der Waals surface area contributed by atoms with Gasteiger partial charge in [0.1, 0.15) is 10.8 Å². The Morgan fingerprint density at radius 3 is 2.86 bits per heavy atom. The molecule has 1 aromatic carbocycles. The summed E-state index contributed by atoms with van der Waals surface area (Å²) >= 11 is 8.83. The summed E-state index contributed by atoms with van der Waals surface area (Å²) in [4.78, 5) is 12.2. The highest BCUT2D eigenvalue weighted by Gasteiger charge is 2.19. The normalized spacial score (nSPS) is 12.0. The van der Waals surface area contributed by atoms with Crippen molar-refractivity contribution in [1.82, 2.24) is 25.0 Å². The number of halogens is 1. The summed E-state index contributed by atoms with van der Waals surface area (Å²) in [6, 6.07) is 7.26. The summed E-state index contributed by atoms with van der Waals surface area (Å²) in [6.45, 7) is 3.95. The standard InChI is InChI=1S/C18H21ClN6O2S2/c1-4-7-15-21-23-17(29-15)20-14(26)10-28-18-24-22-16(25(18)3)11(2)27-13-9-6-5-8-12(13)19/h5-6,8-9,11H,4,7,10H2,1-3H3,(H,20,23,26). The fourth-order valence-corrected chi connectivity index (χ4v) is 4.25. The number of amides is 1. The van der Waals surface area contributed by atoms with Crippen LogP contribution in [0.4, 0.5) is 5.13 Å². The molecule has 0 saturated heterocycles. The lowest BCUT2D eigenvalue weighted by molar-refractivity contribution is -0.113. The monoisotopic (exact) mass is 452 g/mol. The maximum atomic E-state index is 12.2. The Hall–Kier alpha value is -2.17. The predicted molar refractivity (Wildman–Crippen MR) is 115 cm³/mol. The summed E-state index contributed by atoms with van der Waals surface area (Å²) in [5.74, 6) is 1.24. The minimum absolute atomic E-state index is 0.167. The molecule has 3 aromatic rings. The summed E-state index contributed by atoms with van der Waals surface area (Å²) in [7, 11) is 1.84. The van der Waals surface area contributed by atoms with E-state index in [0.717, 1.165) is 17.8 Å². The second-order valence-electron chi connectivity index (χ2n) is 6.18. The van der Waals surface area contributed by atoms with E-state index >= 15 is 0 Å². The van der Waals surface area contributed by atoms with Crippen LogP contribution in [0.2, 0.25) is 5.02 Å². The predicted octanol–water partition coefficient (Wildman–Crippen LogP) is 4.14. The minimum atomic E-state index is -0.353. The van der Waals surface area contributed by atoms with Crippen molar-refractivity contribution < 1.29 is 9.53 Å². The van der Waals surface area contributed by atoms with Crippen LogP contribution in [0.1, 0.15) is 37.2 Å². The van der Waals surface area contributed by atoms with Gasteiger partial charge in [-0.05, 0) is 25.5 Å². The number of rotatable bonds is 9. The third kappa shape index (κ3) is 5.68. The molecule has 2 aromatic heterocycles. The van der Waals surface area contributed by atoms with E-state index in [1.807, 2.05) is 30.7 Å². The average molecular weight is 453 g/mol. The van der Waals surface area contributed by atoms with Crippen molar-refractivity contribution >= 4 is 45.7 Å². The highest BCUT2D eigenvalue weighted by molar-refractivity contribution is 7.99. The molecule has 0 fully saturated rings. The number of ether oxygens (including phenoxy) is 1. The molecule has 0 saturated carbocycles. The van der Waals surface area contributed by atoms with E-state index in [0.29, 0.717) is 26.9 Å². The lowest BCUT2D eigenvalue weighted by atomic mass is 10.3. The molecule has 1 unspecified atom stereocenters. The molecule has 1 atom stereocenters. The molecule has 29 heavy (non-hydrogen) atoms. The van der Waals surface area contributed by atoms with E-state index in [9.17, 15) is 4.79 Å². The zero-order chi connectivity index (χ0) is 20.8. The van der Waals surface area contributed by atoms with Gasteiger partial charge in [0.25, 0.3) is 0 Å². The van der Waals surface area contributed by atoms with E-state index in [1.54, 1.807) is 12.1 Å². The van der Waals surface area contributed by atoms with Gasteiger partial charge in [0.15, 0.2) is 17.1 Å². The van der Waals surface area contributed by atoms with E-state index in [4.69, 9.17) is 16.3 Å². The first-order valence-corrected chi connectivity index (χ1v) is 11.2. The minimum Gasteiger partial charge on any atom is -0.481 e. The summed E-state index contributed by atoms with van der Waals surface area (Å²) < 4.78 is 7.70. The number of carbonyl (C=O) groups is 1. The molecule has 1 amide bonds. The highest BCUT2D eigenvalue weighted by Crippen LogP contribution is 2.29. The molecule has 1 N–H and O–H groups in total. The van der Waals surface area contributed by atoms with Crippen LogP contribution in [0.25, 0.3) is 0 Å². The van der Waals surface area contributed by atoms with Gasteiger partial charge in [0, 0.05) is 13.5 Å². The molecular formula is C18H21ClN6O2S2. The van der Waals surface area contributed by atoms with Gasteiger partial charge in [0.2, 0.25) is 11.0 Å². The van der Waals surface area contributed by atoms with Crippen LogP contribution in [0.15, 0.2) is 29.4 Å². The molecule has 0 spiro atoms. The number of para-hydroxylation sites is 1. The van der Waals surface area contributed by atoms with Crippen LogP contribution in [0.3, 0.4) is 0 Å². The third-order valence-corrected chi connectivity index (χ3v) is 6.11. The lowest BCUT2D eigenvalue weighted by Gasteiger charge is -2.15. The Labute approximate surface area is 182 Å². The fraction of sp³-hybridized carbons (Fsp3) is 0.389. The van der Waals surface area contributed by atoms with Crippen molar-refractivity contribution in [3.8, 4) is 5.75 Å². The molecule has 2 heterocycles. The Morgan fingerprint density at radius 2 is 2.10 bits per heavy atom. The largest absolute Gasteiger partial charge is 0.481 e. The molecule has 0 bridgehead atoms. The second kappa shape index (κ2) is 10.0. The molecule has 8 nitrogen and oxygen atoms in total. The van der Waals surface area contributed by atoms with Gasteiger partial charge in [-0.1, -0.05) is 53.8 Å². The lowest BCUT2D eigenvalue weighted by Crippen LogP contribution is -2.14. The zero-order valence-corrected chi connectivity index (χ0v) is 18.6. The number of hydrogen-bond acceptors (Lipinski definition) is 8. The van der Waals surface area contributed by atoms with Crippen molar-refractivity contribution in [3.63, 3.8) is 0 Å². The van der Waals surface area contributed by atoms with Crippen molar-refractivity contribution in [1.29, 1.82) is 0 Å². The summed E-state index contributed by atoms with van der Waals surface area (Å²) in [6.07, 6.45) is 1.50. The quantitative estimate of drug-likeness (QED) is 0.487. The number of nitrogens with zero attached hydrogens (tertiary/aromatic N) is 5. The van der Waals surface area contributed by atoms with Crippen molar-refractivity contribution in [2.75, 3.05) is 11.1 Å². The summed E-state index contributed by atoms with van der Waals surface area (Å²) in [5.41, 5.74) is 0. The van der Waals surface area contributed by atoms with Crippen LogP contribution in [-0.2, 0) is 18.3 Å². The van der Waals surface area contributed by atoms with Gasteiger partial charge >= 0.3 is 0 Å². The molecule has 154 valence electrons. The van der Waals surface area contributed by atoms with Crippen molar-refractivity contribution in [2.24, 2.45) is 7.05 Å². The van der Waals surface area contributed by atoms with Gasteiger partial charge in [-0.3, -0.25) is 10.1 Å². The summed E-state index contributed by atoms with van der Waals surface area (Å²) in [5, 5.41) is 21.8. The van der Waals surface area contributed by atoms with Gasteiger partial charge in [-0.2, -0.15) is 0 Å². The molecule has 0 radical (unpaired) electrons. The Bertz CT molecular complexity index is 977. The second-order valence-corrected chi connectivity index (χ2v) is 8.59. The topological polar surface area (TPSA) is 94.8 Å². The van der Waals surface area contributed by atoms with Crippen LogP contribution in [-0.4, -0.2) is 36.6 Å². The Kier molecular flexibility index (Phi) is 7.45. The van der Waals surface area contributed by atoms with E-state index < -0.39 is 0 Å². The van der Waals surface area contributed by atoms with Crippen molar-refractivity contribution in [2.45, 2.75) is 37.9 Å². The number of thioether (sulfide) groups is 1. The van der Waals surface area contributed by atoms with Crippen LogP contribution >= 0.6 is 34.7 Å². The van der Waals surface area contributed by atoms with E-state index in [2.05, 4.69) is 32.6 Å². The Morgan fingerprint density at radius 1 is 1.31 bits per heavy atom. The first kappa shape index (κ1) is 21.5. The van der Waals surface area contributed by atoms with Gasteiger partial charge in [-0.25, -0.2) is 0 Å². The SMILES string of the molecule is CCCc1nnc(NC(=O)CSc2nnc(C(C)Oc3ccccc3Cl)n2C)s1. The maximum absolute atomic E-state index is 12.2. The molecular weight excluding hydrogens is 432 g/mol. The first-order chi connectivity index (χ1) is 14.0. The molecule has 11 heteroatoms. The molecule has 3 rings (SSSR count). The van der Waals surface area contributed by atoms with Gasteiger partial charge in [0.05, 0.1) is 10.8 Å². The molecule has 0 aliphatic heterocycles. The van der Waals surface area contributed by atoms with Crippen LogP contribution in [0, 0.1) is 0 Å². The fourth-order valence-electron chi connectivity index (χ4n) is 2.49. The third-order valence-electron chi connectivity index (χ3n) is 3.88. The number of anilines is 1. The van der Waals surface area contributed by atoms with E-state index in [1.165, 1.54) is 23.1 Å². The molecule has 0 aliphatic carbocycles. The van der Waals surface area contributed by atoms with Crippen LogP contribution in [0.5, 0.6) is 5.75 Å².